The van der Waals surface area contributed by atoms with E-state index in [1.807, 2.05) is 0 Å². The third-order valence-electron chi connectivity index (χ3n) is 1.46. The summed E-state index contributed by atoms with van der Waals surface area (Å²) in [5, 5.41) is 0. The van der Waals surface area contributed by atoms with E-state index in [-0.39, 0.29) is 19.8 Å². The predicted octanol–water partition coefficient (Wildman–Crippen LogP) is 0.793. The second-order valence-corrected chi connectivity index (χ2v) is 5.58. The number of ether oxygens (including phenoxy) is 2. The van der Waals surface area contributed by atoms with Crippen molar-refractivity contribution in [2.75, 3.05) is 19.8 Å². The summed E-state index contributed by atoms with van der Waals surface area (Å²) in [6.45, 7) is 4.78. The van der Waals surface area contributed by atoms with E-state index in [1.54, 1.807) is 13.8 Å². The van der Waals surface area contributed by atoms with Crippen molar-refractivity contribution in [2.45, 2.75) is 25.6 Å². The minimum Gasteiger partial charge on any atom is -0.331 e. The predicted molar refractivity (Wildman–Crippen MR) is 56.9 cm³/mol. The maximum atomic E-state index is 11.6. The molecule has 92 valence electrons. The molecule has 6 nitrogen and oxygen atoms in total. The smallest absolute Gasteiger partial charge is 0.331 e. The monoisotopic (exact) mass is 260 g/mol. The van der Waals surface area contributed by atoms with E-state index in [0.29, 0.717) is 0 Å². The lowest BCUT2D eigenvalue weighted by atomic mass is 10.8. The van der Waals surface area contributed by atoms with E-state index in [0.717, 1.165) is 0 Å². The van der Waals surface area contributed by atoms with Gasteiger partial charge in [-0.15, -0.1) is 0 Å². The molecule has 0 saturated carbocycles. The Balaban J connectivity index is 5.13. The second-order valence-electron chi connectivity index (χ2n) is 2.45. The van der Waals surface area contributed by atoms with Crippen molar-refractivity contribution in [3.8, 4) is 0 Å². The van der Waals surface area contributed by atoms with Crippen LogP contribution in [0.15, 0.2) is 0 Å². The molecule has 0 N–H and O–H groups in total. The summed E-state index contributed by atoms with van der Waals surface area (Å²) in [6.07, 6.45) is 0. The Morgan fingerprint density at radius 3 is 1.80 bits per heavy atom. The summed E-state index contributed by atoms with van der Waals surface area (Å²) < 4.78 is 48.6. The summed E-state index contributed by atoms with van der Waals surface area (Å²) in [5.41, 5.74) is 0. The quantitative estimate of drug-likeness (QED) is 0.365. The molecular weight excluding hydrogens is 243 g/mol. The van der Waals surface area contributed by atoms with Crippen LogP contribution in [0.4, 0.5) is 0 Å². The Kier molecular flexibility index (Phi) is 6.63. The van der Waals surface area contributed by atoms with Gasteiger partial charge in [0.25, 0.3) is 0 Å². The van der Waals surface area contributed by atoms with E-state index in [2.05, 4.69) is 4.18 Å². The third kappa shape index (κ3) is 3.53. The standard InChI is InChI=1S/C7H17O6PS/c1-4-11-7(14-8,12-5-2)15(9,10)13-6-3/h4-6,14H2,1-3H3. The fraction of sp³-hybridized carbons (Fsp3) is 1.00. The van der Waals surface area contributed by atoms with Gasteiger partial charge in [-0.1, -0.05) is 0 Å². The Labute approximate surface area is 91.2 Å². The van der Waals surface area contributed by atoms with Crippen LogP contribution >= 0.6 is 8.46 Å². The minimum atomic E-state index is -4.13. The van der Waals surface area contributed by atoms with Crippen molar-refractivity contribution in [1.29, 1.82) is 0 Å². The summed E-state index contributed by atoms with van der Waals surface area (Å²) in [5.74, 6) is 0. The van der Waals surface area contributed by atoms with Gasteiger partial charge in [0.15, 0.2) is 0 Å². The van der Waals surface area contributed by atoms with Crippen molar-refractivity contribution in [3.63, 3.8) is 0 Å². The lowest BCUT2D eigenvalue weighted by Gasteiger charge is -2.26. The maximum Gasteiger partial charge on any atom is 0.347 e. The summed E-state index contributed by atoms with van der Waals surface area (Å²) >= 11 is 0. The van der Waals surface area contributed by atoms with Crippen molar-refractivity contribution < 1.29 is 26.6 Å². The van der Waals surface area contributed by atoms with Gasteiger partial charge in [0.1, 0.15) is 8.46 Å². The average Bonchev–Trinajstić information content (AvgIpc) is 2.17. The Bertz CT molecular complexity index is 282. The van der Waals surface area contributed by atoms with Gasteiger partial charge >= 0.3 is 15.0 Å². The summed E-state index contributed by atoms with van der Waals surface area (Å²) in [6, 6.07) is 0. The van der Waals surface area contributed by atoms with Crippen LogP contribution in [0, 0.1) is 0 Å². The molecule has 0 aromatic carbocycles. The highest BCUT2D eigenvalue weighted by atomic mass is 32.2. The van der Waals surface area contributed by atoms with E-state index in [9.17, 15) is 13.0 Å². The van der Waals surface area contributed by atoms with Gasteiger partial charge in [-0.25, -0.2) is 0 Å². The molecule has 0 spiro atoms. The molecule has 8 heteroatoms. The molecule has 0 saturated heterocycles. The lowest BCUT2D eigenvalue weighted by Crippen LogP contribution is -2.40. The molecule has 0 aromatic rings. The van der Waals surface area contributed by atoms with Gasteiger partial charge in [-0.05, 0) is 20.8 Å². The maximum absolute atomic E-state index is 11.6. The summed E-state index contributed by atoms with van der Waals surface area (Å²) in [7, 11) is -5.95. The Morgan fingerprint density at radius 2 is 1.53 bits per heavy atom. The van der Waals surface area contributed by atoms with Crippen molar-refractivity contribution >= 4 is 18.6 Å². The first-order chi connectivity index (χ1) is 6.99. The van der Waals surface area contributed by atoms with Crippen molar-refractivity contribution in [1.82, 2.24) is 0 Å². The highest BCUT2D eigenvalue weighted by Gasteiger charge is 2.46. The van der Waals surface area contributed by atoms with Crippen LogP contribution in [0.1, 0.15) is 20.8 Å². The van der Waals surface area contributed by atoms with Crippen LogP contribution < -0.4 is 0 Å². The first-order valence-electron chi connectivity index (χ1n) is 4.62. The van der Waals surface area contributed by atoms with Gasteiger partial charge in [-0.3, -0.25) is 4.18 Å². The lowest BCUT2D eigenvalue weighted by molar-refractivity contribution is -0.117. The minimum absolute atomic E-state index is 0.0519. The molecule has 0 bridgehead atoms. The molecule has 0 heterocycles. The number of rotatable bonds is 8. The van der Waals surface area contributed by atoms with Crippen LogP contribution in [-0.2, 0) is 28.3 Å². The second kappa shape index (κ2) is 6.60. The Morgan fingerprint density at radius 1 is 1.07 bits per heavy atom. The zero-order valence-corrected chi connectivity index (χ0v) is 11.0. The molecule has 0 radical (unpaired) electrons. The molecule has 15 heavy (non-hydrogen) atoms. The van der Waals surface area contributed by atoms with Crippen molar-refractivity contribution in [2.24, 2.45) is 0 Å². The zero-order chi connectivity index (χ0) is 11.9. The normalized spacial score (nSPS) is 13.8. The molecule has 0 aliphatic heterocycles. The van der Waals surface area contributed by atoms with Gasteiger partial charge in [0, 0.05) is 13.2 Å². The topological polar surface area (TPSA) is 78.9 Å². The van der Waals surface area contributed by atoms with Gasteiger partial charge in [0.05, 0.1) is 6.61 Å². The molecule has 0 amide bonds. The van der Waals surface area contributed by atoms with E-state index in [1.165, 1.54) is 6.92 Å². The molecule has 0 aliphatic carbocycles. The third-order valence-corrected chi connectivity index (χ3v) is 4.71. The fourth-order valence-corrected chi connectivity index (χ4v) is 3.10. The first kappa shape index (κ1) is 15.1. The summed E-state index contributed by atoms with van der Waals surface area (Å²) in [4.78, 5) is -2.13. The fourth-order valence-electron chi connectivity index (χ4n) is 0.953. The molecule has 0 aromatic heterocycles. The SMILES string of the molecule is CCOC(OCC)([PH2]=O)S(=O)(=O)OCC. The largest absolute Gasteiger partial charge is 0.347 e. The van der Waals surface area contributed by atoms with E-state index < -0.39 is 23.4 Å². The number of hydrogen-bond donors (Lipinski definition) is 0. The molecule has 0 fully saturated rings. The van der Waals surface area contributed by atoms with Crippen LogP contribution in [0.25, 0.3) is 0 Å². The molecule has 0 aliphatic rings. The van der Waals surface area contributed by atoms with Crippen LogP contribution in [0.5, 0.6) is 0 Å². The van der Waals surface area contributed by atoms with Gasteiger partial charge < -0.3 is 14.0 Å². The van der Waals surface area contributed by atoms with Crippen LogP contribution in [0.2, 0.25) is 0 Å². The zero-order valence-electron chi connectivity index (χ0n) is 9.06. The Hall–Kier alpha value is 0.0600. The first-order valence-corrected chi connectivity index (χ1v) is 7.08. The molecular formula is C7H17O6PS. The van der Waals surface area contributed by atoms with Crippen LogP contribution in [-0.4, -0.2) is 33.1 Å². The van der Waals surface area contributed by atoms with Crippen LogP contribution in [0.3, 0.4) is 0 Å². The highest BCUT2D eigenvalue weighted by molar-refractivity contribution is 7.92. The van der Waals surface area contributed by atoms with Crippen molar-refractivity contribution in [3.05, 3.63) is 0 Å². The molecule has 1 atom stereocenters. The van der Waals surface area contributed by atoms with E-state index >= 15 is 0 Å². The van der Waals surface area contributed by atoms with Gasteiger partial charge in [0.2, 0.25) is 0 Å². The average molecular weight is 260 g/mol. The van der Waals surface area contributed by atoms with Gasteiger partial charge in [-0.2, -0.15) is 8.42 Å². The number of hydrogen-bond acceptors (Lipinski definition) is 6. The highest BCUT2D eigenvalue weighted by Crippen LogP contribution is 2.34. The molecule has 1 unspecified atom stereocenters. The van der Waals surface area contributed by atoms with E-state index in [4.69, 9.17) is 9.47 Å². The molecule has 0 rings (SSSR count).